The standard InChI is InChI=1S/C21H15N3OS2/c25-20(13-11-18-9-5-15-27-18)21-19(12-10-17-8-4-14-26-17)24(23-22-21)16-6-2-1-3-7-16/h1-15H/b12-10+,13-11+. The number of hydrogen-bond acceptors (Lipinski definition) is 5. The van der Waals surface area contributed by atoms with E-state index in [1.807, 2.05) is 77.5 Å². The number of hydrogen-bond donors (Lipinski definition) is 0. The van der Waals surface area contributed by atoms with Crippen molar-refractivity contribution in [2.75, 3.05) is 0 Å². The lowest BCUT2D eigenvalue weighted by Crippen LogP contribution is -2.02. The molecule has 27 heavy (non-hydrogen) atoms. The van der Waals surface area contributed by atoms with E-state index in [1.54, 1.807) is 39.5 Å². The van der Waals surface area contributed by atoms with Gasteiger partial charge in [-0.05, 0) is 59.3 Å². The zero-order chi connectivity index (χ0) is 18.5. The zero-order valence-electron chi connectivity index (χ0n) is 14.2. The third-order valence-electron chi connectivity index (χ3n) is 3.83. The molecule has 3 heterocycles. The molecular weight excluding hydrogens is 374 g/mol. The molecule has 0 saturated carbocycles. The van der Waals surface area contributed by atoms with Crippen LogP contribution < -0.4 is 0 Å². The normalized spacial score (nSPS) is 11.6. The van der Waals surface area contributed by atoms with Gasteiger partial charge in [0, 0.05) is 9.75 Å². The summed E-state index contributed by atoms with van der Waals surface area (Å²) in [6, 6.07) is 17.6. The lowest BCUT2D eigenvalue weighted by molar-refractivity contribution is 0.104. The van der Waals surface area contributed by atoms with E-state index in [1.165, 1.54) is 0 Å². The number of allylic oxidation sites excluding steroid dienone is 1. The van der Waals surface area contributed by atoms with Crippen molar-refractivity contribution >= 4 is 46.7 Å². The Hall–Kier alpha value is -3.09. The van der Waals surface area contributed by atoms with Crippen LogP contribution in [-0.4, -0.2) is 20.8 Å². The van der Waals surface area contributed by atoms with Crippen molar-refractivity contribution in [2.45, 2.75) is 0 Å². The van der Waals surface area contributed by atoms with Gasteiger partial charge in [-0.1, -0.05) is 35.5 Å². The summed E-state index contributed by atoms with van der Waals surface area (Å²) in [5.74, 6) is -0.170. The second kappa shape index (κ2) is 8.07. The van der Waals surface area contributed by atoms with Crippen molar-refractivity contribution in [2.24, 2.45) is 0 Å². The quantitative estimate of drug-likeness (QED) is 0.325. The minimum atomic E-state index is -0.170. The maximum Gasteiger partial charge on any atom is 0.208 e. The Labute approximate surface area is 164 Å². The molecule has 0 bridgehead atoms. The number of ketones is 1. The first kappa shape index (κ1) is 17.3. The van der Waals surface area contributed by atoms with Gasteiger partial charge in [0.05, 0.1) is 11.4 Å². The van der Waals surface area contributed by atoms with Gasteiger partial charge in [0.2, 0.25) is 5.78 Å². The van der Waals surface area contributed by atoms with Gasteiger partial charge in [0.15, 0.2) is 5.69 Å². The third kappa shape index (κ3) is 4.02. The SMILES string of the molecule is O=C(/C=C/c1cccs1)c1nnn(-c2ccccc2)c1/C=C/c1cccs1. The first-order valence-corrected chi connectivity index (χ1v) is 10.1. The molecule has 132 valence electrons. The fourth-order valence-electron chi connectivity index (χ4n) is 2.54. The van der Waals surface area contributed by atoms with Crippen molar-refractivity contribution in [3.8, 4) is 5.69 Å². The number of carbonyl (C=O) groups excluding carboxylic acids is 1. The van der Waals surface area contributed by atoms with E-state index in [0.717, 1.165) is 15.4 Å². The van der Waals surface area contributed by atoms with E-state index in [4.69, 9.17) is 0 Å². The summed E-state index contributed by atoms with van der Waals surface area (Å²) in [5.41, 5.74) is 1.85. The van der Waals surface area contributed by atoms with Gasteiger partial charge in [-0.25, -0.2) is 4.68 Å². The molecule has 4 rings (SSSR count). The lowest BCUT2D eigenvalue weighted by atomic mass is 10.2. The first-order chi connectivity index (χ1) is 13.3. The number of aromatic nitrogens is 3. The topological polar surface area (TPSA) is 47.8 Å². The monoisotopic (exact) mass is 389 g/mol. The van der Waals surface area contributed by atoms with Crippen LogP contribution in [0.15, 0.2) is 71.4 Å². The molecule has 0 unspecified atom stereocenters. The first-order valence-electron chi connectivity index (χ1n) is 8.30. The number of para-hydroxylation sites is 1. The molecule has 0 amide bonds. The van der Waals surface area contributed by atoms with Crippen molar-refractivity contribution in [1.82, 2.24) is 15.0 Å². The van der Waals surface area contributed by atoms with Crippen LogP contribution in [0.25, 0.3) is 23.9 Å². The highest BCUT2D eigenvalue weighted by molar-refractivity contribution is 7.11. The summed E-state index contributed by atoms with van der Waals surface area (Å²) in [6.45, 7) is 0. The molecule has 6 heteroatoms. The fraction of sp³-hybridized carbons (Fsp3) is 0. The maximum atomic E-state index is 12.7. The molecule has 3 aromatic heterocycles. The number of benzene rings is 1. The Morgan fingerprint density at radius 3 is 2.22 bits per heavy atom. The molecule has 0 aliphatic rings. The van der Waals surface area contributed by atoms with Crippen LogP contribution in [0.2, 0.25) is 0 Å². The molecule has 0 N–H and O–H groups in total. The predicted octanol–water partition coefficient (Wildman–Crippen LogP) is 5.46. The lowest BCUT2D eigenvalue weighted by Gasteiger charge is -2.03. The molecule has 0 spiro atoms. The summed E-state index contributed by atoms with van der Waals surface area (Å²) in [4.78, 5) is 14.9. The van der Waals surface area contributed by atoms with Gasteiger partial charge in [0.25, 0.3) is 0 Å². The van der Waals surface area contributed by atoms with Crippen LogP contribution in [-0.2, 0) is 0 Å². The summed E-state index contributed by atoms with van der Waals surface area (Å²) in [6.07, 6.45) is 7.22. The summed E-state index contributed by atoms with van der Waals surface area (Å²) >= 11 is 3.22. The molecule has 1 aromatic carbocycles. The summed E-state index contributed by atoms with van der Waals surface area (Å²) < 4.78 is 1.69. The predicted molar refractivity (Wildman–Crippen MR) is 112 cm³/mol. The zero-order valence-corrected chi connectivity index (χ0v) is 15.9. The van der Waals surface area contributed by atoms with Crippen LogP contribution in [0, 0.1) is 0 Å². The van der Waals surface area contributed by atoms with Crippen molar-refractivity contribution < 1.29 is 4.79 Å². The smallest absolute Gasteiger partial charge is 0.208 e. The molecule has 0 aliphatic carbocycles. The third-order valence-corrected chi connectivity index (χ3v) is 5.51. The Morgan fingerprint density at radius 1 is 0.852 bits per heavy atom. The van der Waals surface area contributed by atoms with Crippen molar-refractivity contribution in [1.29, 1.82) is 0 Å². The maximum absolute atomic E-state index is 12.7. The Morgan fingerprint density at radius 2 is 1.56 bits per heavy atom. The summed E-state index contributed by atoms with van der Waals surface area (Å²) in [7, 11) is 0. The van der Waals surface area contributed by atoms with Crippen LogP contribution in [0.5, 0.6) is 0 Å². The second-order valence-corrected chi connectivity index (χ2v) is 7.59. The summed E-state index contributed by atoms with van der Waals surface area (Å²) in [5, 5.41) is 12.4. The number of nitrogens with zero attached hydrogens (tertiary/aromatic N) is 3. The van der Waals surface area contributed by atoms with Crippen LogP contribution in [0.4, 0.5) is 0 Å². The van der Waals surface area contributed by atoms with E-state index in [0.29, 0.717) is 11.4 Å². The van der Waals surface area contributed by atoms with E-state index in [-0.39, 0.29) is 5.78 Å². The highest BCUT2D eigenvalue weighted by Crippen LogP contribution is 2.19. The Balaban J connectivity index is 1.72. The number of rotatable bonds is 6. The van der Waals surface area contributed by atoms with Crippen LogP contribution in [0.1, 0.15) is 25.9 Å². The average molecular weight is 390 g/mol. The molecular formula is C21H15N3OS2. The molecule has 4 nitrogen and oxygen atoms in total. The van der Waals surface area contributed by atoms with Crippen LogP contribution >= 0.6 is 22.7 Å². The molecule has 0 saturated heterocycles. The van der Waals surface area contributed by atoms with Gasteiger partial charge in [0.1, 0.15) is 0 Å². The highest BCUT2D eigenvalue weighted by Gasteiger charge is 2.17. The van der Waals surface area contributed by atoms with Gasteiger partial charge < -0.3 is 0 Å². The number of carbonyl (C=O) groups is 1. The Kier molecular flexibility index (Phi) is 5.18. The molecule has 0 radical (unpaired) electrons. The Bertz CT molecular complexity index is 1080. The fourth-order valence-corrected chi connectivity index (χ4v) is 3.78. The van der Waals surface area contributed by atoms with Gasteiger partial charge >= 0.3 is 0 Å². The van der Waals surface area contributed by atoms with Gasteiger partial charge in [-0.2, -0.15) is 0 Å². The van der Waals surface area contributed by atoms with Crippen LogP contribution in [0.3, 0.4) is 0 Å². The van der Waals surface area contributed by atoms with Gasteiger partial charge in [-0.3, -0.25) is 4.79 Å². The van der Waals surface area contributed by atoms with Gasteiger partial charge in [-0.15, -0.1) is 27.8 Å². The highest BCUT2D eigenvalue weighted by atomic mass is 32.1. The minimum absolute atomic E-state index is 0.170. The van der Waals surface area contributed by atoms with E-state index < -0.39 is 0 Å². The minimum Gasteiger partial charge on any atom is -0.287 e. The van der Waals surface area contributed by atoms with Crippen molar-refractivity contribution in [3.63, 3.8) is 0 Å². The van der Waals surface area contributed by atoms with E-state index in [2.05, 4.69) is 10.3 Å². The van der Waals surface area contributed by atoms with Crippen molar-refractivity contribution in [3.05, 3.63) is 92.6 Å². The molecule has 4 aromatic rings. The van der Waals surface area contributed by atoms with E-state index >= 15 is 0 Å². The van der Waals surface area contributed by atoms with E-state index in [9.17, 15) is 4.79 Å². The largest absolute Gasteiger partial charge is 0.287 e. The molecule has 0 aliphatic heterocycles. The molecule has 0 fully saturated rings. The molecule has 0 atom stereocenters. The number of thiophene rings is 2. The second-order valence-electron chi connectivity index (χ2n) is 5.63. The average Bonchev–Trinajstić information content (AvgIpc) is 3.47.